The molecule has 5 N–H and O–H groups in total. The Morgan fingerprint density at radius 1 is 1.29 bits per heavy atom. The van der Waals surface area contributed by atoms with Crippen molar-refractivity contribution in [2.45, 2.75) is 37.6 Å². The lowest BCUT2D eigenvalue weighted by Crippen LogP contribution is -3.57. The lowest BCUT2D eigenvalue weighted by molar-refractivity contribution is -1.55. The van der Waals surface area contributed by atoms with Gasteiger partial charge < -0.3 is 15.8 Å². The number of epoxide rings is 1. The van der Waals surface area contributed by atoms with Crippen LogP contribution in [0.15, 0.2) is 0 Å². The van der Waals surface area contributed by atoms with Crippen molar-refractivity contribution in [2.24, 2.45) is 29.5 Å². The van der Waals surface area contributed by atoms with E-state index in [2.05, 4.69) is 0 Å². The van der Waals surface area contributed by atoms with Gasteiger partial charge in [-0.25, -0.2) is 0 Å². The average molecular weight is 242 g/mol. The Bertz CT molecular complexity index is 342. The number of rotatable bonds is 3. The lowest BCUT2D eigenvalue weighted by Gasteiger charge is -2.34. The summed E-state index contributed by atoms with van der Waals surface area (Å²) < 4.78 is 5.61. The normalized spacial score (nSPS) is 57.7. The van der Waals surface area contributed by atoms with Gasteiger partial charge in [0.2, 0.25) is 0 Å². The molecule has 2 bridgehead atoms. The molecule has 17 heavy (non-hydrogen) atoms. The third kappa shape index (κ3) is 1.42. The third-order valence-electron chi connectivity index (χ3n) is 5.16. The molecule has 9 atom stereocenters. The Hall–Kier alpha value is -0.280. The molecular weight excluding hydrogens is 224 g/mol. The van der Waals surface area contributed by atoms with Gasteiger partial charge in [-0.2, -0.15) is 0 Å². The van der Waals surface area contributed by atoms with Crippen LogP contribution >= 0.6 is 0 Å². The maximum absolute atomic E-state index is 11.3. The molecule has 4 fully saturated rings. The molecule has 9 unspecified atom stereocenters. The molecule has 1 saturated heterocycles. The van der Waals surface area contributed by atoms with Gasteiger partial charge in [0.05, 0.1) is 12.2 Å². The summed E-state index contributed by atoms with van der Waals surface area (Å²) in [5.41, 5.74) is 0. The fourth-order valence-electron chi connectivity index (χ4n) is 4.60. The van der Waals surface area contributed by atoms with Crippen LogP contribution < -0.4 is 16.4 Å². The van der Waals surface area contributed by atoms with E-state index in [9.17, 15) is 5.21 Å². The van der Waals surface area contributed by atoms with Crippen molar-refractivity contribution in [3.8, 4) is 0 Å². The van der Waals surface area contributed by atoms with Gasteiger partial charge in [-0.05, 0) is 42.9 Å². The summed E-state index contributed by atoms with van der Waals surface area (Å²) in [7, 11) is 0. The van der Waals surface area contributed by atoms with Crippen molar-refractivity contribution in [3.05, 3.63) is 11.0 Å². The number of hydrogen-bond acceptors (Lipinski definition) is 4. The Labute approximate surface area is 99.0 Å². The summed E-state index contributed by atoms with van der Waals surface area (Å²) in [5.74, 6) is 14.8. The number of nitrogens with two attached hydrogens (primary N) is 1. The standard InChI is InChI=1S/C10H18N4O3/c11-13(12)14(15)17-7-2-4-1-5(7)6-3-8-10(16-8)9(4)6/h4-11,13-14H,1-3,12H2. The number of quaternary nitrogens is 2. The lowest BCUT2D eigenvalue weighted by atomic mass is 9.79. The van der Waals surface area contributed by atoms with Crippen LogP contribution in [0, 0.1) is 28.9 Å². The molecule has 1 aliphatic heterocycles. The predicted molar refractivity (Wildman–Crippen MR) is 55.1 cm³/mol. The van der Waals surface area contributed by atoms with Crippen LogP contribution in [0.1, 0.15) is 19.3 Å². The second-order valence-electron chi connectivity index (χ2n) is 5.87. The van der Waals surface area contributed by atoms with Gasteiger partial charge in [0.1, 0.15) is 6.10 Å². The summed E-state index contributed by atoms with van der Waals surface area (Å²) in [6.07, 6.45) is 4.26. The molecule has 1 heterocycles. The van der Waals surface area contributed by atoms with Gasteiger partial charge >= 0.3 is 0 Å². The third-order valence-corrected chi connectivity index (χ3v) is 5.16. The van der Waals surface area contributed by atoms with Gasteiger partial charge in [0.15, 0.2) is 0 Å². The van der Waals surface area contributed by atoms with E-state index in [0.717, 1.165) is 25.2 Å². The summed E-state index contributed by atoms with van der Waals surface area (Å²) in [4.78, 5) is 5.34. The number of fused-ring (bicyclic) bond motifs is 7. The minimum Gasteiger partial charge on any atom is -0.548 e. The van der Waals surface area contributed by atoms with Crippen LogP contribution in [-0.2, 0) is 9.57 Å². The van der Waals surface area contributed by atoms with Crippen LogP contribution in [0.5, 0.6) is 0 Å². The van der Waals surface area contributed by atoms with Crippen LogP contribution in [-0.4, -0.2) is 18.3 Å². The van der Waals surface area contributed by atoms with Crippen LogP contribution in [0.25, 0.3) is 5.84 Å². The van der Waals surface area contributed by atoms with E-state index >= 15 is 0 Å². The maximum atomic E-state index is 11.3. The highest BCUT2D eigenvalue weighted by Crippen LogP contribution is 2.64. The average Bonchev–Trinajstić information content (AvgIpc) is 2.69. The Balaban J connectivity index is 1.45. The molecule has 4 rings (SSSR count). The van der Waals surface area contributed by atoms with E-state index in [0.29, 0.717) is 30.0 Å². The highest BCUT2D eigenvalue weighted by molar-refractivity contribution is 5.14. The Kier molecular flexibility index (Phi) is 2.12. The molecule has 3 saturated carbocycles. The monoisotopic (exact) mass is 242 g/mol. The minimum atomic E-state index is -0.654. The van der Waals surface area contributed by atoms with Crippen LogP contribution in [0.4, 0.5) is 0 Å². The van der Waals surface area contributed by atoms with Gasteiger partial charge in [0, 0.05) is 0 Å². The molecule has 0 spiro atoms. The van der Waals surface area contributed by atoms with E-state index < -0.39 is 10.6 Å². The first-order valence-electron chi connectivity index (χ1n) is 6.35. The highest BCUT2D eigenvalue weighted by Gasteiger charge is 2.67. The molecule has 7 heteroatoms. The molecule has 0 aromatic heterocycles. The molecule has 4 aliphatic rings. The van der Waals surface area contributed by atoms with E-state index in [-0.39, 0.29) is 6.10 Å². The fourth-order valence-corrected chi connectivity index (χ4v) is 4.60. The second kappa shape index (κ2) is 3.39. The summed E-state index contributed by atoms with van der Waals surface area (Å²) in [6.45, 7) is 0. The van der Waals surface area contributed by atoms with Crippen molar-refractivity contribution >= 4 is 0 Å². The quantitative estimate of drug-likeness (QED) is 0.295. The Morgan fingerprint density at radius 2 is 2.12 bits per heavy atom. The zero-order valence-corrected chi connectivity index (χ0v) is 9.46. The van der Waals surface area contributed by atoms with Crippen molar-refractivity contribution < 1.29 is 20.1 Å². The van der Waals surface area contributed by atoms with Crippen molar-refractivity contribution in [2.75, 3.05) is 0 Å². The number of ether oxygens (including phenoxy) is 1. The molecule has 0 radical (unpaired) electrons. The van der Waals surface area contributed by atoms with Crippen LogP contribution in [0.3, 0.4) is 0 Å². The van der Waals surface area contributed by atoms with E-state index in [1.54, 1.807) is 0 Å². The van der Waals surface area contributed by atoms with E-state index in [1.807, 2.05) is 0 Å². The van der Waals surface area contributed by atoms with E-state index in [4.69, 9.17) is 21.3 Å². The zero-order valence-electron chi connectivity index (χ0n) is 9.46. The molecule has 0 aromatic carbocycles. The topological polar surface area (TPSA) is 104 Å². The van der Waals surface area contributed by atoms with E-state index in [1.165, 1.54) is 0 Å². The van der Waals surface area contributed by atoms with Gasteiger partial charge in [-0.1, -0.05) is 5.34 Å². The maximum Gasteiger partial charge on any atom is 0.127 e. The van der Waals surface area contributed by atoms with Gasteiger partial charge in [-0.15, -0.1) is 15.9 Å². The SMILES string of the molecule is [NH-][NH+](N)[NH+]([O-])OC1CC2CC1C1CC3OC3C21. The molecule has 0 aromatic rings. The van der Waals surface area contributed by atoms with Gasteiger partial charge in [-0.3, -0.25) is 0 Å². The molecule has 96 valence electrons. The molecule has 3 aliphatic carbocycles. The Morgan fingerprint density at radius 3 is 2.88 bits per heavy atom. The minimum absolute atomic E-state index is 0.00449. The number of nitrogens with one attached hydrogen (secondary N) is 3. The largest absolute Gasteiger partial charge is 0.548 e. The van der Waals surface area contributed by atoms with Crippen molar-refractivity contribution in [1.82, 2.24) is 0 Å². The van der Waals surface area contributed by atoms with Crippen molar-refractivity contribution in [3.63, 3.8) is 0 Å². The first kappa shape index (κ1) is 10.6. The second-order valence-corrected chi connectivity index (χ2v) is 5.87. The first-order chi connectivity index (χ1) is 8.15. The fraction of sp³-hybridized carbons (Fsp3) is 1.00. The molecular formula is C10H18N4O3. The number of hydrogen-bond donors (Lipinski definition) is 3. The zero-order chi connectivity index (χ0) is 11.7. The summed E-state index contributed by atoms with van der Waals surface area (Å²) >= 11 is 0. The summed E-state index contributed by atoms with van der Waals surface area (Å²) in [6, 6.07) is 0. The van der Waals surface area contributed by atoms with Crippen LogP contribution in [0.2, 0.25) is 0 Å². The van der Waals surface area contributed by atoms with Gasteiger partial charge in [0.25, 0.3) is 0 Å². The predicted octanol–water partition coefficient (Wildman–Crippen LogP) is -2.25. The van der Waals surface area contributed by atoms with Crippen molar-refractivity contribution in [1.29, 1.82) is 0 Å². The molecule has 0 amide bonds. The molecule has 7 nitrogen and oxygen atoms in total. The summed E-state index contributed by atoms with van der Waals surface area (Å²) in [5, 5.41) is 10.2. The first-order valence-corrected chi connectivity index (χ1v) is 6.35. The smallest absolute Gasteiger partial charge is 0.127 e. The highest BCUT2D eigenvalue weighted by atomic mass is 16.9.